The van der Waals surface area contributed by atoms with E-state index in [-0.39, 0.29) is 11.7 Å². The third kappa shape index (κ3) is 3.56. The predicted molar refractivity (Wildman–Crippen MR) is 123 cm³/mol. The highest BCUT2D eigenvalue weighted by Gasteiger charge is 2.32. The van der Waals surface area contributed by atoms with Crippen LogP contribution in [-0.2, 0) is 11.3 Å². The number of aliphatic imine (C=N–C) groups is 1. The summed E-state index contributed by atoms with van der Waals surface area (Å²) >= 11 is 1.42. The van der Waals surface area contributed by atoms with Gasteiger partial charge in [-0.15, -0.1) is 0 Å². The van der Waals surface area contributed by atoms with Gasteiger partial charge in [0.05, 0.1) is 11.4 Å². The Morgan fingerprint density at radius 3 is 2.57 bits per heavy atom. The van der Waals surface area contributed by atoms with Crippen molar-refractivity contribution in [2.75, 3.05) is 13.1 Å². The Hall–Kier alpha value is -2.86. The first-order chi connectivity index (χ1) is 14.5. The van der Waals surface area contributed by atoms with Crippen LogP contribution in [0.1, 0.15) is 30.7 Å². The minimum atomic E-state index is -0.213. The molecule has 0 aliphatic carbocycles. The summed E-state index contributed by atoms with van der Waals surface area (Å²) in [5.41, 5.74) is 3.66. The second-order valence-electron chi connectivity index (χ2n) is 7.11. The molecule has 1 saturated heterocycles. The van der Waals surface area contributed by atoms with Crippen molar-refractivity contribution in [3.05, 3.63) is 76.1 Å². The van der Waals surface area contributed by atoms with Crippen LogP contribution < -0.4 is 0 Å². The second-order valence-corrected chi connectivity index (χ2v) is 8.12. The minimum Gasteiger partial charge on any atom is -0.340 e. The highest BCUT2D eigenvalue weighted by atomic mass is 32.2. The number of halogens is 1. The van der Waals surface area contributed by atoms with Gasteiger partial charge in [0, 0.05) is 40.8 Å². The number of amidine groups is 1. The van der Waals surface area contributed by atoms with Crippen molar-refractivity contribution in [1.29, 1.82) is 0 Å². The molecule has 6 heteroatoms. The number of fused-ring (bicyclic) bond motifs is 1. The molecule has 0 radical (unpaired) electrons. The Morgan fingerprint density at radius 2 is 1.83 bits per heavy atom. The van der Waals surface area contributed by atoms with E-state index >= 15 is 0 Å². The molecule has 154 valence electrons. The van der Waals surface area contributed by atoms with Crippen molar-refractivity contribution < 1.29 is 9.18 Å². The summed E-state index contributed by atoms with van der Waals surface area (Å²) < 4.78 is 16.4. The summed E-state index contributed by atoms with van der Waals surface area (Å²) in [6, 6.07) is 14.9. The summed E-state index contributed by atoms with van der Waals surface area (Å²) in [5.74, 6) is -0.227. The lowest BCUT2D eigenvalue weighted by atomic mass is 10.1. The summed E-state index contributed by atoms with van der Waals surface area (Å²) in [6.07, 6.45) is 1.96. The molecule has 0 unspecified atom stereocenters. The van der Waals surface area contributed by atoms with E-state index in [9.17, 15) is 9.18 Å². The molecule has 1 fully saturated rings. The van der Waals surface area contributed by atoms with E-state index in [4.69, 9.17) is 0 Å². The molecular formula is C24H24FN3OS. The maximum absolute atomic E-state index is 14.3. The molecule has 0 atom stereocenters. The predicted octanol–water partition coefficient (Wildman–Crippen LogP) is 5.45. The van der Waals surface area contributed by atoms with Gasteiger partial charge in [-0.25, -0.2) is 4.39 Å². The summed E-state index contributed by atoms with van der Waals surface area (Å²) in [7, 11) is 0. The first-order valence-electron chi connectivity index (χ1n) is 10.1. The van der Waals surface area contributed by atoms with Crippen LogP contribution in [-0.4, -0.2) is 33.6 Å². The van der Waals surface area contributed by atoms with E-state index in [0.717, 1.165) is 27.3 Å². The molecule has 1 aromatic heterocycles. The molecule has 0 N–H and O–H groups in total. The lowest BCUT2D eigenvalue weighted by Crippen LogP contribution is -2.28. The van der Waals surface area contributed by atoms with Crippen molar-refractivity contribution in [2.45, 2.75) is 27.3 Å². The first-order valence-corrected chi connectivity index (χ1v) is 10.9. The van der Waals surface area contributed by atoms with Crippen LogP contribution in [0, 0.1) is 12.7 Å². The van der Waals surface area contributed by atoms with E-state index in [1.807, 2.05) is 57.2 Å². The first kappa shape index (κ1) is 20.4. The van der Waals surface area contributed by atoms with Crippen molar-refractivity contribution in [1.82, 2.24) is 9.47 Å². The van der Waals surface area contributed by atoms with Crippen LogP contribution in [0.3, 0.4) is 0 Å². The third-order valence-electron chi connectivity index (χ3n) is 5.34. The number of rotatable bonds is 5. The SMILES string of the molecule is CCN=C1S/C(=C/c2c(C)n(Cc3ccccc3F)c3ccccc23)C(=O)N1CC. The van der Waals surface area contributed by atoms with Crippen molar-refractivity contribution in [3.8, 4) is 0 Å². The average Bonchev–Trinajstić information content (AvgIpc) is 3.19. The highest BCUT2D eigenvalue weighted by Crippen LogP contribution is 2.36. The van der Waals surface area contributed by atoms with Crippen molar-refractivity contribution >= 4 is 39.8 Å². The molecule has 4 rings (SSSR count). The zero-order valence-electron chi connectivity index (χ0n) is 17.4. The normalized spacial score (nSPS) is 17.1. The number of hydrogen-bond acceptors (Lipinski definition) is 3. The zero-order chi connectivity index (χ0) is 21.3. The largest absolute Gasteiger partial charge is 0.340 e. The number of carbonyl (C=O) groups excluding carboxylic acids is 1. The monoisotopic (exact) mass is 421 g/mol. The molecule has 2 aromatic carbocycles. The molecule has 1 amide bonds. The maximum Gasteiger partial charge on any atom is 0.266 e. The Balaban J connectivity index is 1.82. The number of nitrogens with zero attached hydrogens (tertiary/aromatic N) is 3. The molecule has 2 heterocycles. The highest BCUT2D eigenvalue weighted by molar-refractivity contribution is 8.18. The van der Waals surface area contributed by atoms with E-state index in [0.29, 0.717) is 30.1 Å². The average molecular weight is 422 g/mol. The number of likely N-dealkylation sites (N-methyl/N-ethyl adjacent to an activating group) is 1. The van der Waals surface area contributed by atoms with Gasteiger partial charge in [-0.2, -0.15) is 0 Å². The molecular weight excluding hydrogens is 397 g/mol. The lowest BCUT2D eigenvalue weighted by molar-refractivity contribution is -0.122. The van der Waals surface area contributed by atoms with E-state index in [1.54, 1.807) is 11.0 Å². The van der Waals surface area contributed by atoms with Gasteiger partial charge in [-0.05, 0) is 50.7 Å². The number of benzene rings is 2. The van der Waals surface area contributed by atoms with Crippen LogP contribution in [0.4, 0.5) is 4.39 Å². The van der Waals surface area contributed by atoms with Crippen LogP contribution >= 0.6 is 11.8 Å². The van der Waals surface area contributed by atoms with Crippen molar-refractivity contribution in [3.63, 3.8) is 0 Å². The van der Waals surface area contributed by atoms with Crippen LogP contribution in [0.2, 0.25) is 0 Å². The molecule has 3 aromatic rings. The Bertz CT molecular complexity index is 1180. The molecule has 0 bridgehead atoms. The van der Waals surface area contributed by atoms with Gasteiger partial charge in [0.1, 0.15) is 5.82 Å². The Morgan fingerprint density at radius 1 is 1.10 bits per heavy atom. The molecule has 4 nitrogen and oxygen atoms in total. The maximum atomic E-state index is 14.3. The molecule has 0 saturated carbocycles. The number of para-hydroxylation sites is 1. The van der Waals surface area contributed by atoms with Gasteiger partial charge in [0.15, 0.2) is 5.17 Å². The second kappa shape index (κ2) is 8.48. The van der Waals surface area contributed by atoms with E-state index < -0.39 is 0 Å². The van der Waals surface area contributed by atoms with E-state index in [2.05, 4.69) is 15.6 Å². The van der Waals surface area contributed by atoms with Gasteiger partial charge < -0.3 is 4.57 Å². The summed E-state index contributed by atoms with van der Waals surface area (Å²) in [5, 5.41) is 1.81. The fraction of sp³-hybridized carbons (Fsp3) is 0.250. The fourth-order valence-electron chi connectivity index (χ4n) is 3.81. The third-order valence-corrected chi connectivity index (χ3v) is 6.38. The Kier molecular flexibility index (Phi) is 5.77. The quantitative estimate of drug-likeness (QED) is 0.514. The Labute approximate surface area is 180 Å². The topological polar surface area (TPSA) is 37.6 Å². The van der Waals surface area contributed by atoms with Crippen LogP contribution in [0.5, 0.6) is 0 Å². The number of thioether (sulfide) groups is 1. The summed E-state index contributed by atoms with van der Waals surface area (Å²) in [4.78, 5) is 19.8. The van der Waals surface area contributed by atoms with Crippen LogP contribution in [0.25, 0.3) is 17.0 Å². The van der Waals surface area contributed by atoms with E-state index in [1.165, 1.54) is 17.8 Å². The number of amides is 1. The standard InChI is InChI=1S/C24H24FN3OS/c1-4-26-24-27(5-2)23(29)22(30-24)14-19-16(3)28(21-13-9-7-11-18(19)21)15-17-10-6-8-12-20(17)25/h6-14H,4-5,15H2,1-3H3/b22-14+,26-24?. The van der Waals surface area contributed by atoms with Gasteiger partial charge in [0.25, 0.3) is 5.91 Å². The van der Waals surface area contributed by atoms with Gasteiger partial charge in [-0.1, -0.05) is 36.4 Å². The zero-order valence-corrected chi connectivity index (χ0v) is 18.2. The van der Waals surface area contributed by atoms with Gasteiger partial charge in [-0.3, -0.25) is 14.7 Å². The van der Waals surface area contributed by atoms with Gasteiger partial charge in [0.2, 0.25) is 0 Å². The smallest absolute Gasteiger partial charge is 0.266 e. The fourth-order valence-corrected chi connectivity index (χ4v) is 4.90. The molecule has 1 aliphatic heterocycles. The van der Waals surface area contributed by atoms with Crippen LogP contribution in [0.15, 0.2) is 58.4 Å². The van der Waals surface area contributed by atoms with Gasteiger partial charge >= 0.3 is 0 Å². The molecule has 1 aliphatic rings. The summed E-state index contributed by atoms with van der Waals surface area (Å²) in [6.45, 7) is 7.62. The molecule has 30 heavy (non-hydrogen) atoms. The number of hydrogen-bond donors (Lipinski definition) is 0. The minimum absolute atomic E-state index is 0.0139. The lowest BCUT2D eigenvalue weighted by Gasteiger charge is -2.11. The number of aromatic nitrogens is 1. The molecule has 0 spiro atoms. The number of carbonyl (C=O) groups is 1. The van der Waals surface area contributed by atoms with Crippen molar-refractivity contribution in [2.24, 2.45) is 4.99 Å².